The summed E-state index contributed by atoms with van der Waals surface area (Å²) in [6, 6.07) is 7.45. The molecule has 3 nitrogen and oxygen atoms in total. The second-order valence-corrected chi connectivity index (χ2v) is 3.09. The fourth-order valence-electron chi connectivity index (χ4n) is 1.53. The molecule has 0 atom stereocenters. The van der Waals surface area contributed by atoms with Gasteiger partial charge >= 0.3 is 0 Å². The maximum absolute atomic E-state index is 11.3. The summed E-state index contributed by atoms with van der Waals surface area (Å²) in [7, 11) is 1.62. The summed E-state index contributed by atoms with van der Waals surface area (Å²) >= 11 is 0. The van der Waals surface area contributed by atoms with Crippen LogP contribution in [0, 0.1) is 0 Å². The van der Waals surface area contributed by atoms with Crippen molar-refractivity contribution >= 4 is 17.4 Å². The number of Topliss-reactive ketones (excluding diaryl/α,β-unsaturated/α-hetero) is 1. The van der Waals surface area contributed by atoms with E-state index in [4.69, 9.17) is 0 Å². The standard InChI is InChI=1S/C10H9NO2/c1-11-8-5-3-2-4-7(8)6-9(12)10(11)13/h2-5H,6H2,1H3. The predicted molar refractivity (Wildman–Crippen MR) is 48.6 cm³/mol. The maximum atomic E-state index is 11.3. The summed E-state index contributed by atoms with van der Waals surface area (Å²) in [5.74, 6) is -0.750. The van der Waals surface area contributed by atoms with E-state index in [2.05, 4.69) is 0 Å². The first-order chi connectivity index (χ1) is 6.20. The number of carbonyl (C=O) groups is 2. The first-order valence-corrected chi connectivity index (χ1v) is 4.09. The zero-order valence-corrected chi connectivity index (χ0v) is 7.28. The summed E-state index contributed by atoms with van der Waals surface area (Å²) in [4.78, 5) is 23.8. The van der Waals surface area contributed by atoms with Crippen LogP contribution in [0.4, 0.5) is 5.69 Å². The van der Waals surface area contributed by atoms with Crippen molar-refractivity contribution in [1.82, 2.24) is 0 Å². The van der Waals surface area contributed by atoms with E-state index in [0.717, 1.165) is 11.3 Å². The maximum Gasteiger partial charge on any atom is 0.294 e. The third-order valence-electron chi connectivity index (χ3n) is 2.25. The van der Waals surface area contributed by atoms with Gasteiger partial charge < -0.3 is 4.90 Å². The molecular formula is C10H9NO2. The highest BCUT2D eigenvalue weighted by Crippen LogP contribution is 2.24. The van der Waals surface area contributed by atoms with Crippen LogP contribution in [0.25, 0.3) is 0 Å². The largest absolute Gasteiger partial charge is 0.309 e. The SMILES string of the molecule is CN1C(=O)C(=O)Cc2ccccc21. The van der Waals surface area contributed by atoms with Crippen molar-refractivity contribution in [1.29, 1.82) is 0 Å². The fraction of sp³-hybridized carbons (Fsp3) is 0.200. The summed E-state index contributed by atoms with van der Waals surface area (Å²) in [6.45, 7) is 0. The van der Waals surface area contributed by atoms with Gasteiger partial charge in [-0.15, -0.1) is 0 Å². The monoisotopic (exact) mass is 175 g/mol. The number of likely N-dealkylation sites (N-methyl/N-ethyl adjacent to an activating group) is 1. The molecule has 0 saturated heterocycles. The van der Waals surface area contributed by atoms with E-state index in [-0.39, 0.29) is 12.2 Å². The smallest absolute Gasteiger partial charge is 0.294 e. The van der Waals surface area contributed by atoms with Gasteiger partial charge in [-0.2, -0.15) is 0 Å². The number of nitrogens with zero attached hydrogens (tertiary/aromatic N) is 1. The van der Waals surface area contributed by atoms with Crippen molar-refractivity contribution in [3.8, 4) is 0 Å². The fourth-order valence-corrected chi connectivity index (χ4v) is 1.53. The van der Waals surface area contributed by atoms with E-state index in [1.165, 1.54) is 4.90 Å². The summed E-state index contributed by atoms with van der Waals surface area (Å²) in [5.41, 5.74) is 1.77. The minimum atomic E-state index is -0.418. The average molecular weight is 175 g/mol. The molecule has 1 amide bonds. The Labute approximate surface area is 76.0 Å². The lowest BCUT2D eigenvalue weighted by Crippen LogP contribution is -2.38. The Hall–Kier alpha value is -1.64. The van der Waals surface area contributed by atoms with Crippen molar-refractivity contribution < 1.29 is 9.59 Å². The number of hydrogen-bond donors (Lipinski definition) is 0. The van der Waals surface area contributed by atoms with Crippen LogP contribution in [0.5, 0.6) is 0 Å². The Morgan fingerprint density at radius 3 is 2.69 bits per heavy atom. The predicted octanol–water partition coefficient (Wildman–Crippen LogP) is 0.775. The summed E-state index contributed by atoms with van der Waals surface area (Å²) in [5, 5.41) is 0. The average Bonchev–Trinajstić information content (AvgIpc) is 2.15. The summed E-state index contributed by atoms with van der Waals surface area (Å²) < 4.78 is 0. The Morgan fingerprint density at radius 2 is 1.92 bits per heavy atom. The molecule has 66 valence electrons. The lowest BCUT2D eigenvalue weighted by molar-refractivity contribution is -0.136. The van der Waals surface area contributed by atoms with E-state index in [9.17, 15) is 9.59 Å². The lowest BCUT2D eigenvalue weighted by Gasteiger charge is -2.24. The molecule has 0 saturated carbocycles. The first kappa shape index (κ1) is 7.98. The molecule has 0 aliphatic carbocycles. The van der Waals surface area contributed by atoms with Gasteiger partial charge in [0.1, 0.15) is 0 Å². The molecule has 0 unspecified atom stereocenters. The molecule has 13 heavy (non-hydrogen) atoms. The van der Waals surface area contributed by atoms with Gasteiger partial charge in [-0.25, -0.2) is 0 Å². The highest BCUT2D eigenvalue weighted by atomic mass is 16.2. The molecule has 0 radical (unpaired) electrons. The number of rotatable bonds is 0. The van der Waals surface area contributed by atoms with Gasteiger partial charge in [-0.1, -0.05) is 18.2 Å². The van der Waals surface area contributed by atoms with Crippen molar-refractivity contribution in [2.45, 2.75) is 6.42 Å². The molecule has 3 heteroatoms. The van der Waals surface area contributed by atoms with Crippen molar-refractivity contribution in [2.24, 2.45) is 0 Å². The Kier molecular flexibility index (Phi) is 1.65. The quantitative estimate of drug-likeness (QED) is 0.546. The minimum absolute atomic E-state index is 0.235. The number of hydrogen-bond acceptors (Lipinski definition) is 2. The van der Waals surface area contributed by atoms with Crippen LogP contribution in [-0.4, -0.2) is 18.7 Å². The van der Waals surface area contributed by atoms with E-state index in [1.807, 2.05) is 24.3 Å². The van der Waals surface area contributed by atoms with Gasteiger partial charge in [-0.3, -0.25) is 9.59 Å². The Morgan fingerprint density at radius 1 is 1.23 bits per heavy atom. The molecule has 1 aliphatic heterocycles. The highest BCUT2D eigenvalue weighted by Gasteiger charge is 2.27. The van der Waals surface area contributed by atoms with Crippen molar-refractivity contribution in [3.63, 3.8) is 0 Å². The van der Waals surface area contributed by atoms with Gasteiger partial charge in [0.15, 0.2) is 0 Å². The van der Waals surface area contributed by atoms with Gasteiger partial charge in [0, 0.05) is 19.2 Å². The molecule has 0 fully saturated rings. The number of anilines is 1. The molecule has 0 spiro atoms. The van der Waals surface area contributed by atoms with Crippen LogP contribution in [0.15, 0.2) is 24.3 Å². The number of benzene rings is 1. The summed E-state index contributed by atoms with van der Waals surface area (Å²) in [6.07, 6.45) is 0.235. The van der Waals surface area contributed by atoms with Gasteiger partial charge in [0.05, 0.1) is 0 Å². The van der Waals surface area contributed by atoms with Crippen molar-refractivity contribution in [3.05, 3.63) is 29.8 Å². The third kappa shape index (κ3) is 1.13. The Balaban J connectivity index is 2.55. The van der Waals surface area contributed by atoms with Crippen LogP contribution in [0.1, 0.15) is 5.56 Å². The normalized spacial score (nSPS) is 15.9. The van der Waals surface area contributed by atoms with E-state index in [0.29, 0.717) is 0 Å². The number of para-hydroxylation sites is 1. The third-order valence-corrected chi connectivity index (χ3v) is 2.25. The number of amides is 1. The topological polar surface area (TPSA) is 37.4 Å². The van der Waals surface area contributed by atoms with Crippen LogP contribution in [-0.2, 0) is 16.0 Å². The lowest BCUT2D eigenvalue weighted by atomic mass is 10.0. The molecule has 1 aromatic carbocycles. The number of ketones is 1. The van der Waals surface area contributed by atoms with Gasteiger partial charge in [-0.05, 0) is 11.6 Å². The molecule has 2 rings (SSSR count). The van der Waals surface area contributed by atoms with Crippen LogP contribution in [0.3, 0.4) is 0 Å². The second kappa shape index (κ2) is 2.69. The van der Waals surface area contributed by atoms with E-state index < -0.39 is 5.91 Å². The molecule has 1 aromatic rings. The van der Waals surface area contributed by atoms with Crippen LogP contribution in [0.2, 0.25) is 0 Å². The number of fused-ring (bicyclic) bond motifs is 1. The van der Waals surface area contributed by atoms with E-state index in [1.54, 1.807) is 7.05 Å². The molecule has 1 aliphatic rings. The van der Waals surface area contributed by atoms with E-state index >= 15 is 0 Å². The van der Waals surface area contributed by atoms with Crippen LogP contribution >= 0.6 is 0 Å². The second-order valence-electron chi connectivity index (χ2n) is 3.09. The molecular weight excluding hydrogens is 166 g/mol. The zero-order valence-electron chi connectivity index (χ0n) is 7.28. The zero-order chi connectivity index (χ0) is 9.42. The highest BCUT2D eigenvalue weighted by molar-refractivity contribution is 6.43. The van der Waals surface area contributed by atoms with Gasteiger partial charge in [0.2, 0.25) is 5.78 Å². The van der Waals surface area contributed by atoms with Crippen LogP contribution < -0.4 is 4.90 Å². The van der Waals surface area contributed by atoms with Crippen molar-refractivity contribution in [2.75, 3.05) is 11.9 Å². The molecule has 0 aromatic heterocycles. The number of carbonyl (C=O) groups excluding carboxylic acids is 2. The molecule has 1 heterocycles. The Bertz CT molecular complexity index is 384. The molecule has 0 N–H and O–H groups in total. The minimum Gasteiger partial charge on any atom is -0.309 e. The first-order valence-electron chi connectivity index (χ1n) is 4.09. The van der Waals surface area contributed by atoms with Gasteiger partial charge in [0.25, 0.3) is 5.91 Å². The molecule has 0 bridgehead atoms.